The summed E-state index contributed by atoms with van der Waals surface area (Å²) < 4.78 is 0. The molecule has 3 fully saturated rings. The Hall–Kier alpha value is -1.04. The Labute approximate surface area is 122 Å². The molecule has 3 aliphatic rings. The lowest BCUT2D eigenvalue weighted by atomic mass is 10.1. The van der Waals surface area contributed by atoms with Gasteiger partial charge in [-0.1, -0.05) is 24.6 Å². The van der Waals surface area contributed by atoms with E-state index in [2.05, 4.69) is 5.32 Å². The van der Waals surface area contributed by atoms with Crippen LogP contribution in [0.15, 0.2) is 0 Å². The van der Waals surface area contributed by atoms with E-state index in [-0.39, 0.29) is 28.9 Å². The molecule has 6 heteroatoms. The van der Waals surface area contributed by atoms with Gasteiger partial charge >= 0.3 is 0 Å². The zero-order chi connectivity index (χ0) is 14.1. The van der Waals surface area contributed by atoms with E-state index in [0.717, 1.165) is 18.6 Å². The first-order chi connectivity index (χ1) is 9.65. The van der Waals surface area contributed by atoms with E-state index in [0.29, 0.717) is 25.4 Å². The smallest absolute Gasteiger partial charge is 0.226 e. The van der Waals surface area contributed by atoms with Gasteiger partial charge < -0.3 is 10.2 Å². The molecule has 1 N–H and O–H groups in total. The molecule has 110 valence electrons. The van der Waals surface area contributed by atoms with Gasteiger partial charge in [-0.3, -0.25) is 14.4 Å². The van der Waals surface area contributed by atoms with Crippen LogP contribution in [0, 0.1) is 5.92 Å². The Morgan fingerprint density at radius 1 is 1.20 bits per heavy atom. The summed E-state index contributed by atoms with van der Waals surface area (Å²) in [5.74, 6) is 0.479. The molecular weight excluding hydrogens is 276 g/mol. The minimum absolute atomic E-state index is 0.0512. The third kappa shape index (κ3) is 2.71. The second kappa shape index (κ2) is 5.76. The molecule has 2 amide bonds. The van der Waals surface area contributed by atoms with Gasteiger partial charge in [-0.25, -0.2) is 0 Å². The summed E-state index contributed by atoms with van der Waals surface area (Å²) >= 11 is 1.28. The van der Waals surface area contributed by atoms with Gasteiger partial charge in [-0.05, 0) is 19.3 Å². The first kappa shape index (κ1) is 13.9. The van der Waals surface area contributed by atoms with Gasteiger partial charge in [0, 0.05) is 24.8 Å². The first-order valence-corrected chi connectivity index (χ1v) is 8.40. The third-order valence-electron chi connectivity index (χ3n) is 4.55. The van der Waals surface area contributed by atoms with Gasteiger partial charge in [0.15, 0.2) is 0 Å². The number of amides is 2. The van der Waals surface area contributed by atoms with Gasteiger partial charge in [0.1, 0.15) is 0 Å². The van der Waals surface area contributed by atoms with Crippen LogP contribution in [-0.2, 0) is 14.4 Å². The zero-order valence-corrected chi connectivity index (χ0v) is 12.3. The minimum atomic E-state index is -0.344. The van der Waals surface area contributed by atoms with Crippen molar-refractivity contribution in [2.24, 2.45) is 5.92 Å². The van der Waals surface area contributed by atoms with Gasteiger partial charge in [-0.15, -0.1) is 0 Å². The molecule has 1 saturated carbocycles. The molecule has 20 heavy (non-hydrogen) atoms. The molecule has 3 rings (SSSR count). The number of carbonyl (C=O) groups excluding carboxylic acids is 3. The Bertz CT molecular complexity index is 434. The monoisotopic (exact) mass is 296 g/mol. The maximum Gasteiger partial charge on any atom is 0.226 e. The normalized spacial score (nSPS) is 31.3. The van der Waals surface area contributed by atoms with Crippen LogP contribution in [0.2, 0.25) is 0 Å². The number of thioether (sulfide) groups is 1. The van der Waals surface area contributed by atoms with Gasteiger partial charge in [0.2, 0.25) is 16.9 Å². The van der Waals surface area contributed by atoms with Gasteiger partial charge in [-0.2, -0.15) is 0 Å². The molecule has 0 aromatic heterocycles. The number of carbonyl (C=O) groups is 3. The van der Waals surface area contributed by atoms with Crippen molar-refractivity contribution < 1.29 is 14.4 Å². The summed E-state index contributed by atoms with van der Waals surface area (Å²) in [5.41, 5.74) is 0. The lowest BCUT2D eigenvalue weighted by Gasteiger charge is -2.24. The lowest BCUT2D eigenvalue weighted by molar-refractivity contribution is -0.130. The fourth-order valence-electron chi connectivity index (χ4n) is 3.39. The molecule has 2 saturated heterocycles. The highest BCUT2D eigenvalue weighted by Gasteiger charge is 2.39. The van der Waals surface area contributed by atoms with Crippen molar-refractivity contribution >= 4 is 28.7 Å². The van der Waals surface area contributed by atoms with Crippen molar-refractivity contribution in [1.82, 2.24) is 10.2 Å². The number of hydrogen-bond donors (Lipinski definition) is 1. The number of likely N-dealkylation sites (tertiary alicyclic amines) is 1. The summed E-state index contributed by atoms with van der Waals surface area (Å²) in [4.78, 5) is 37.7. The second-order valence-electron chi connectivity index (χ2n) is 5.90. The molecular formula is C14H20N2O3S. The van der Waals surface area contributed by atoms with E-state index in [1.165, 1.54) is 24.6 Å². The number of nitrogens with one attached hydrogen (secondary N) is 1. The largest absolute Gasteiger partial charge is 0.345 e. The average Bonchev–Trinajstić information content (AvgIpc) is 3.11. The molecule has 0 aromatic carbocycles. The molecule has 2 heterocycles. The molecule has 0 spiro atoms. The summed E-state index contributed by atoms with van der Waals surface area (Å²) in [6, 6.07) is -0.00731. The number of nitrogens with zero attached hydrogens (tertiary/aromatic N) is 1. The van der Waals surface area contributed by atoms with E-state index in [1.54, 1.807) is 0 Å². The van der Waals surface area contributed by atoms with Crippen LogP contribution in [0.4, 0.5) is 0 Å². The maximum absolute atomic E-state index is 12.2. The topological polar surface area (TPSA) is 66.5 Å². The molecule has 0 radical (unpaired) electrons. The van der Waals surface area contributed by atoms with Crippen molar-refractivity contribution in [3.8, 4) is 0 Å². The zero-order valence-electron chi connectivity index (χ0n) is 11.5. The molecule has 0 bridgehead atoms. The summed E-state index contributed by atoms with van der Waals surface area (Å²) in [6.07, 6.45) is 5.51. The highest BCUT2D eigenvalue weighted by atomic mass is 32.2. The van der Waals surface area contributed by atoms with Crippen molar-refractivity contribution in [2.75, 3.05) is 12.3 Å². The molecule has 1 aliphatic carbocycles. The SMILES string of the molecule is O=C(N[C@@H]1CCSC1=O)[C@@H]1CC(=O)N(C2CCCC2)C1. The number of hydrogen-bond acceptors (Lipinski definition) is 4. The molecule has 5 nitrogen and oxygen atoms in total. The van der Waals surface area contributed by atoms with Crippen molar-refractivity contribution in [1.29, 1.82) is 0 Å². The first-order valence-electron chi connectivity index (χ1n) is 7.41. The Morgan fingerprint density at radius 3 is 2.60 bits per heavy atom. The molecule has 0 unspecified atom stereocenters. The lowest BCUT2D eigenvalue weighted by Crippen LogP contribution is -2.42. The van der Waals surface area contributed by atoms with E-state index in [1.807, 2.05) is 4.90 Å². The van der Waals surface area contributed by atoms with Crippen molar-refractivity contribution in [3.05, 3.63) is 0 Å². The van der Waals surface area contributed by atoms with Crippen LogP contribution in [0.25, 0.3) is 0 Å². The molecule has 2 aliphatic heterocycles. The quantitative estimate of drug-likeness (QED) is 0.841. The van der Waals surface area contributed by atoms with Crippen LogP contribution in [0.5, 0.6) is 0 Å². The third-order valence-corrected chi connectivity index (χ3v) is 5.56. The van der Waals surface area contributed by atoms with Gasteiger partial charge in [0.05, 0.1) is 12.0 Å². The maximum atomic E-state index is 12.2. The average molecular weight is 296 g/mol. The molecule has 0 aromatic rings. The van der Waals surface area contributed by atoms with E-state index < -0.39 is 0 Å². The standard InChI is InChI=1S/C14H20N2O3S/c17-12-7-9(8-16(12)10-3-1-2-4-10)13(18)15-11-5-6-20-14(11)19/h9-11H,1-8H2,(H,15,18)/t9-,11-/m1/s1. The van der Waals surface area contributed by atoms with E-state index in [4.69, 9.17) is 0 Å². The fraction of sp³-hybridized carbons (Fsp3) is 0.786. The van der Waals surface area contributed by atoms with Crippen LogP contribution in [0.3, 0.4) is 0 Å². The summed E-state index contributed by atoms with van der Waals surface area (Å²) in [6.45, 7) is 0.531. The van der Waals surface area contributed by atoms with Crippen molar-refractivity contribution in [3.63, 3.8) is 0 Å². The molecule has 2 atom stereocenters. The summed E-state index contributed by atoms with van der Waals surface area (Å²) in [5, 5.41) is 2.87. The Kier molecular flexibility index (Phi) is 4.01. The second-order valence-corrected chi connectivity index (χ2v) is 7.00. The van der Waals surface area contributed by atoms with Crippen LogP contribution in [0.1, 0.15) is 38.5 Å². The fourth-order valence-corrected chi connectivity index (χ4v) is 4.33. The van der Waals surface area contributed by atoms with E-state index in [9.17, 15) is 14.4 Å². The highest BCUT2D eigenvalue weighted by Crippen LogP contribution is 2.30. The van der Waals surface area contributed by atoms with Crippen LogP contribution in [-0.4, -0.2) is 46.2 Å². The predicted octanol–water partition coefficient (Wildman–Crippen LogP) is 0.926. The summed E-state index contributed by atoms with van der Waals surface area (Å²) in [7, 11) is 0. The van der Waals surface area contributed by atoms with Crippen molar-refractivity contribution in [2.45, 2.75) is 50.6 Å². The van der Waals surface area contributed by atoms with Crippen LogP contribution < -0.4 is 5.32 Å². The Balaban J connectivity index is 1.56. The van der Waals surface area contributed by atoms with E-state index >= 15 is 0 Å². The van der Waals surface area contributed by atoms with Crippen LogP contribution >= 0.6 is 11.8 Å². The predicted molar refractivity (Wildman–Crippen MR) is 76.1 cm³/mol. The minimum Gasteiger partial charge on any atom is -0.345 e. The number of rotatable bonds is 3. The highest BCUT2D eigenvalue weighted by molar-refractivity contribution is 8.14. The Morgan fingerprint density at radius 2 is 1.95 bits per heavy atom. The van der Waals surface area contributed by atoms with Gasteiger partial charge in [0.25, 0.3) is 0 Å².